The van der Waals surface area contributed by atoms with Crippen LogP contribution in [0.5, 0.6) is 0 Å². The predicted molar refractivity (Wildman–Crippen MR) is 170 cm³/mol. The fourth-order valence-electron chi connectivity index (χ4n) is 5.90. The minimum atomic E-state index is 0.979. The second-order valence-electron chi connectivity index (χ2n) is 10.8. The minimum absolute atomic E-state index is 0.979. The van der Waals surface area contributed by atoms with Crippen LogP contribution >= 0.6 is 0 Å². The summed E-state index contributed by atoms with van der Waals surface area (Å²) in [6.45, 7) is 8.65. The first-order chi connectivity index (χ1) is 19.5. The number of hydrogen-bond acceptors (Lipinski definition) is 2. The number of hydrogen-bond donors (Lipinski definition) is 0. The van der Waals surface area contributed by atoms with E-state index in [1.165, 1.54) is 66.1 Å². The molecule has 0 bridgehead atoms. The van der Waals surface area contributed by atoms with Crippen molar-refractivity contribution in [3.05, 3.63) is 132 Å². The van der Waals surface area contributed by atoms with Crippen LogP contribution in [0.25, 0.3) is 66.1 Å². The van der Waals surface area contributed by atoms with Crippen molar-refractivity contribution in [2.75, 3.05) is 0 Å². The highest BCUT2D eigenvalue weighted by Crippen LogP contribution is 2.35. The number of aromatic nitrogens is 2. The molecule has 0 saturated carbocycles. The van der Waals surface area contributed by atoms with E-state index in [0.717, 1.165) is 22.3 Å². The first-order valence-corrected chi connectivity index (χ1v) is 13.8. The Morgan fingerprint density at radius 2 is 1.05 bits per heavy atom. The number of nitrogens with zero attached hydrogens (tertiary/aromatic N) is 2. The molecule has 0 aliphatic rings. The largest absolute Gasteiger partial charge is 0.254 e. The molecule has 0 unspecified atom stereocenters. The quantitative estimate of drug-likeness (QED) is 0.219. The van der Waals surface area contributed by atoms with Crippen LogP contribution < -0.4 is 0 Å². The van der Waals surface area contributed by atoms with Crippen LogP contribution in [0.1, 0.15) is 22.3 Å². The van der Waals surface area contributed by atoms with Crippen molar-refractivity contribution in [3.63, 3.8) is 0 Å². The van der Waals surface area contributed by atoms with Gasteiger partial charge in [0.05, 0.1) is 16.7 Å². The molecule has 2 heterocycles. The van der Waals surface area contributed by atoms with Crippen molar-refractivity contribution in [1.82, 2.24) is 9.97 Å². The molecule has 0 spiro atoms. The number of aryl methyl sites for hydroxylation is 3. The maximum atomic E-state index is 5.21. The molecule has 0 aliphatic carbocycles. The van der Waals surface area contributed by atoms with Gasteiger partial charge < -0.3 is 0 Å². The lowest BCUT2D eigenvalue weighted by Gasteiger charge is -2.15. The van der Waals surface area contributed by atoms with Crippen molar-refractivity contribution in [1.29, 1.82) is 0 Å². The summed E-state index contributed by atoms with van der Waals surface area (Å²) in [5, 5.41) is 4.90. The number of rotatable bonds is 3. The second-order valence-corrected chi connectivity index (χ2v) is 10.8. The standard InChI is InChI=1S/C38H30N2/c1-23-22-39-37-32(24(23)2)20-21-33-25(3)26(4)36(40-38(33)37)31-18-14-28(15-19-31)27-12-16-30(17-13-27)35-11-7-9-29-8-5-6-10-34(29)35/h5-22H,1-4H3. The summed E-state index contributed by atoms with van der Waals surface area (Å²) in [5.74, 6) is 0. The second kappa shape index (κ2) is 9.43. The number of pyridine rings is 2. The summed E-state index contributed by atoms with van der Waals surface area (Å²) in [7, 11) is 0. The lowest BCUT2D eigenvalue weighted by molar-refractivity contribution is 1.25. The van der Waals surface area contributed by atoms with Crippen LogP contribution in [-0.2, 0) is 0 Å². The first-order valence-electron chi connectivity index (χ1n) is 13.8. The fraction of sp³-hybridized carbons (Fsp3) is 0.105. The van der Waals surface area contributed by atoms with Gasteiger partial charge in [-0.15, -0.1) is 0 Å². The molecule has 0 amide bonds. The molecule has 0 fully saturated rings. The summed E-state index contributed by atoms with van der Waals surface area (Å²) in [6.07, 6.45) is 1.97. The fourth-order valence-corrected chi connectivity index (χ4v) is 5.90. The van der Waals surface area contributed by atoms with Gasteiger partial charge >= 0.3 is 0 Å². The molecule has 0 aliphatic heterocycles. The van der Waals surface area contributed by atoms with Crippen molar-refractivity contribution < 1.29 is 0 Å². The average Bonchev–Trinajstić information content (AvgIpc) is 3.00. The zero-order valence-corrected chi connectivity index (χ0v) is 23.3. The third-order valence-electron chi connectivity index (χ3n) is 8.56. The van der Waals surface area contributed by atoms with Crippen molar-refractivity contribution in [2.45, 2.75) is 27.7 Å². The minimum Gasteiger partial charge on any atom is -0.254 e. The number of fused-ring (bicyclic) bond motifs is 4. The van der Waals surface area contributed by atoms with E-state index in [1.807, 2.05) is 6.20 Å². The maximum absolute atomic E-state index is 5.21. The van der Waals surface area contributed by atoms with Crippen LogP contribution in [-0.4, -0.2) is 9.97 Å². The Bertz CT molecular complexity index is 2060. The topological polar surface area (TPSA) is 25.8 Å². The summed E-state index contributed by atoms with van der Waals surface area (Å²) in [4.78, 5) is 10.0. The van der Waals surface area contributed by atoms with Crippen LogP contribution in [0, 0.1) is 27.7 Å². The van der Waals surface area contributed by atoms with Gasteiger partial charge in [0, 0.05) is 22.5 Å². The van der Waals surface area contributed by atoms with Gasteiger partial charge in [-0.1, -0.05) is 103 Å². The van der Waals surface area contributed by atoms with Gasteiger partial charge in [0.1, 0.15) is 0 Å². The summed E-state index contributed by atoms with van der Waals surface area (Å²) < 4.78 is 0. The van der Waals surface area contributed by atoms with E-state index >= 15 is 0 Å². The summed E-state index contributed by atoms with van der Waals surface area (Å²) >= 11 is 0. The molecule has 0 saturated heterocycles. The van der Waals surface area contributed by atoms with Gasteiger partial charge in [0.2, 0.25) is 0 Å². The van der Waals surface area contributed by atoms with Crippen molar-refractivity contribution in [2.24, 2.45) is 0 Å². The zero-order valence-electron chi connectivity index (χ0n) is 23.3. The van der Waals surface area contributed by atoms with Gasteiger partial charge in [0.25, 0.3) is 0 Å². The smallest absolute Gasteiger partial charge is 0.0975 e. The van der Waals surface area contributed by atoms with E-state index in [1.54, 1.807) is 0 Å². The van der Waals surface area contributed by atoms with E-state index in [2.05, 4.69) is 131 Å². The van der Waals surface area contributed by atoms with Crippen LogP contribution in [0.4, 0.5) is 0 Å². The van der Waals surface area contributed by atoms with Gasteiger partial charge in [-0.3, -0.25) is 4.98 Å². The molecule has 40 heavy (non-hydrogen) atoms. The maximum Gasteiger partial charge on any atom is 0.0975 e. The molecule has 2 aromatic heterocycles. The lowest BCUT2D eigenvalue weighted by atomic mass is 9.94. The van der Waals surface area contributed by atoms with Gasteiger partial charge in [0.15, 0.2) is 0 Å². The molecule has 0 atom stereocenters. The highest BCUT2D eigenvalue weighted by atomic mass is 14.8. The SMILES string of the molecule is Cc1cnc2c(ccc3c(C)c(C)c(-c4ccc(-c5ccc(-c6cccc7ccccc67)cc5)cc4)nc32)c1C. The van der Waals surface area contributed by atoms with Gasteiger partial charge in [-0.05, 0) is 83.0 Å². The van der Waals surface area contributed by atoms with E-state index in [4.69, 9.17) is 9.97 Å². The Labute approximate surface area is 235 Å². The highest BCUT2D eigenvalue weighted by Gasteiger charge is 2.15. The molecule has 7 aromatic rings. The third-order valence-corrected chi connectivity index (χ3v) is 8.56. The Morgan fingerprint density at radius 1 is 0.450 bits per heavy atom. The Balaban J connectivity index is 1.26. The van der Waals surface area contributed by atoms with Crippen LogP contribution in [0.15, 0.2) is 109 Å². The molecule has 5 aromatic carbocycles. The predicted octanol–water partition coefficient (Wildman–Crippen LogP) is 10.2. The molecule has 0 radical (unpaired) electrons. The molecule has 0 N–H and O–H groups in total. The summed E-state index contributed by atoms with van der Waals surface area (Å²) in [5.41, 5.74) is 13.9. The van der Waals surface area contributed by atoms with E-state index in [-0.39, 0.29) is 0 Å². The molecular formula is C38H30N2. The average molecular weight is 515 g/mol. The van der Waals surface area contributed by atoms with E-state index < -0.39 is 0 Å². The number of benzene rings is 5. The molecule has 2 heteroatoms. The molecule has 2 nitrogen and oxygen atoms in total. The van der Waals surface area contributed by atoms with E-state index in [9.17, 15) is 0 Å². The van der Waals surface area contributed by atoms with Crippen LogP contribution in [0.2, 0.25) is 0 Å². The lowest BCUT2D eigenvalue weighted by Crippen LogP contribution is -1.97. The Hall–Kier alpha value is -4.82. The van der Waals surface area contributed by atoms with Crippen molar-refractivity contribution in [3.8, 4) is 33.5 Å². The summed E-state index contributed by atoms with van der Waals surface area (Å²) in [6, 6.07) is 37.2. The highest BCUT2D eigenvalue weighted by molar-refractivity contribution is 6.06. The monoisotopic (exact) mass is 514 g/mol. The normalized spacial score (nSPS) is 11.5. The zero-order chi connectivity index (χ0) is 27.4. The molecule has 192 valence electrons. The third kappa shape index (κ3) is 3.87. The Kier molecular flexibility index (Phi) is 5.71. The Morgan fingerprint density at radius 3 is 1.77 bits per heavy atom. The molecular weight excluding hydrogens is 484 g/mol. The van der Waals surface area contributed by atoms with Gasteiger partial charge in [-0.25, -0.2) is 4.98 Å². The van der Waals surface area contributed by atoms with Crippen LogP contribution in [0.3, 0.4) is 0 Å². The molecule has 7 rings (SSSR count). The van der Waals surface area contributed by atoms with Crippen molar-refractivity contribution >= 4 is 32.6 Å². The van der Waals surface area contributed by atoms with E-state index in [0.29, 0.717) is 0 Å². The van der Waals surface area contributed by atoms with Gasteiger partial charge in [-0.2, -0.15) is 0 Å². The first kappa shape index (κ1) is 24.2.